The van der Waals surface area contributed by atoms with Crippen molar-refractivity contribution in [2.75, 3.05) is 6.54 Å². The fourth-order valence-corrected chi connectivity index (χ4v) is 8.56. The van der Waals surface area contributed by atoms with Gasteiger partial charge in [-0.25, -0.2) is 0 Å². The first-order valence-electron chi connectivity index (χ1n) is 15.7. The van der Waals surface area contributed by atoms with E-state index < -0.39 is 0 Å². The highest BCUT2D eigenvalue weighted by Crippen LogP contribution is 2.49. The van der Waals surface area contributed by atoms with Crippen molar-refractivity contribution in [2.24, 2.45) is 33.9 Å². The predicted octanol–water partition coefficient (Wildman–Crippen LogP) is 7.37. The molecule has 3 heterocycles. The standard InChI is InChI=1S/C33H48N4O2S/c1-6-29-26-17-23(16-25-19-28(20(2)3)36-35-21(25)4)18-30(26)37(29)15-14-27(32-13-12-31(40-32)22(5)38)34-33(39)24-10-8-7-9-11-24/h12-13,16,20,23-24,26-27,29-30H,6-11,14-15,17-19H2,1-5H3,(H,34,39)/b25-16-/t23?,26?,27-,29?,30?/m0/s1. The third-order valence-electron chi connectivity index (χ3n) is 9.93. The Bertz CT molecular complexity index is 1170. The highest BCUT2D eigenvalue weighted by atomic mass is 32.1. The lowest BCUT2D eigenvalue weighted by atomic mass is 9.80. The van der Waals surface area contributed by atoms with Crippen LogP contribution in [0.5, 0.6) is 0 Å². The van der Waals surface area contributed by atoms with Crippen LogP contribution >= 0.6 is 11.3 Å². The highest BCUT2D eigenvalue weighted by molar-refractivity contribution is 7.14. The number of carbonyl (C=O) groups excluding carboxylic acids is 2. The van der Waals surface area contributed by atoms with Crippen LogP contribution in [-0.2, 0) is 4.79 Å². The van der Waals surface area contributed by atoms with E-state index in [-0.39, 0.29) is 23.7 Å². The molecule has 6 nitrogen and oxygen atoms in total. The molecule has 3 fully saturated rings. The Labute approximate surface area is 244 Å². The predicted molar refractivity (Wildman–Crippen MR) is 165 cm³/mol. The summed E-state index contributed by atoms with van der Waals surface area (Å²) in [7, 11) is 0. The van der Waals surface area contributed by atoms with E-state index in [2.05, 4.69) is 60.3 Å². The van der Waals surface area contributed by atoms with E-state index in [4.69, 9.17) is 0 Å². The van der Waals surface area contributed by atoms with Gasteiger partial charge >= 0.3 is 0 Å². The summed E-state index contributed by atoms with van der Waals surface area (Å²) < 4.78 is 0. The fourth-order valence-electron chi connectivity index (χ4n) is 7.57. The van der Waals surface area contributed by atoms with Gasteiger partial charge in [-0.3, -0.25) is 14.5 Å². The zero-order valence-corrected chi connectivity index (χ0v) is 25.9. The maximum Gasteiger partial charge on any atom is 0.223 e. The largest absolute Gasteiger partial charge is 0.348 e. The SMILES string of the molecule is CCC1C2CC(/C=C3/CC(C(C)C)=NN=C3C)CC2N1CC[C@H](NC(=O)C1CCCCC1)c1ccc(C(C)=O)s1. The third-order valence-corrected chi connectivity index (χ3v) is 11.2. The summed E-state index contributed by atoms with van der Waals surface area (Å²) in [5.74, 6) is 2.22. The van der Waals surface area contributed by atoms with Gasteiger partial charge < -0.3 is 5.32 Å². The van der Waals surface area contributed by atoms with Crippen molar-refractivity contribution in [3.05, 3.63) is 33.5 Å². The quantitative estimate of drug-likeness (QED) is 0.302. The summed E-state index contributed by atoms with van der Waals surface area (Å²) in [5.41, 5.74) is 3.63. The molecule has 0 radical (unpaired) electrons. The van der Waals surface area contributed by atoms with Crippen molar-refractivity contribution in [3.63, 3.8) is 0 Å². The Kier molecular flexibility index (Phi) is 9.41. The van der Waals surface area contributed by atoms with Crippen LogP contribution in [0.1, 0.15) is 119 Å². The Balaban J connectivity index is 1.25. The molecular formula is C33H48N4O2S. The van der Waals surface area contributed by atoms with Crippen LogP contribution in [0.2, 0.25) is 0 Å². The molecule has 1 amide bonds. The number of fused-ring (bicyclic) bond motifs is 1. The van der Waals surface area contributed by atoms with Crippen molar-refractivity contribution >= 4 is 34.5 Å². The van der Waals surface area contributed by atoms with E-state index in [1.165, 1.54) is 37.0 Å². The Hall–Kier alpha value is -2.12. The number of ketones is 1. The number of likely N-dealkylation sites (tertiary alicyclic amines) is 1. The lowest BCUT2D eigenvalue weighted by Crippen LogP contribution is -2.61. The number of hydrogen-bond acceptors (Lipinski definition) is 6. The van der Waals surface area contributed by atoms with Gasteiger partial charge in [0.25, 0.3) is 0 Å². The molecule has 0 bridgehead atoms. The Morgan fingerprint density at radius 1 is 1.15 bits per heavy atom. The van der Waals surface area contributed by atoms with Crippen LogP contribution in [0.4, 0.5) is 0 Å². The molecule has 1 saturated heterocycles. The summed E-state index contributed by atoms with van der Waals surface area (Å²) in [4.78, 5) is 29.9. The monoisotopic (exact) mass is 564 g/mol. The molecule has 4 aliphatic rings. The van der Waals surface area contributed by atoms with E-state index in [9.17, 15) is 9.59 Å². The number of amides is 1. The number of allylic oxidation sites excluding steroid dienone is 2. The minimum atomic E-state index is -0.0294. The van der Waals surface area contributed by atoms with Gasteiger partial charge in [-0.05, 0) is 87.8 Å². The number of carbonyl (C=O) groups is 2. The van der Waals surface area contributed by atoms with Crippen molar-refractivity contribution in [1.82, 2.24) is 10.2 Å². The molecule has 2 saturated carbocycles. The number of rotatable bonds is 10. The zero-order valence-electron chi connectivity index (χ0n) is 25.1. The van der Waals surface area contributed by atoms with Gasteiger partial charge in [-0.15, -0.1) is 11.3 Å². The average molecular weight is 565 g/mol. The van der Waals surface area contributed by atoms with Crippen LogP contribution in [0.15, 0.2) is 34.0 Å². The zero-order chi connectivity index (χ0) is 28.4. The van der Waals surface area contributed by atoms with Gasteiger partial charge in [0.05, 0.1) is 16.6 Å². The minimum absolute atomic E-state index is 0.0294. The van der Waals surface area contributed by atoms with E-state index in [0.29, 0.717) is 23.9 Å². The number of hydrogen-bond donors (Lipinski definition) is 1. The molecule has 5 atom stereocenters. The first-order valence-corrected chi connectivity index (χ1v) is 16.6. The van der Waals surface area contributed by atoms with Crippen molar-refractivity contribution in [3.8, 4) is 0 Å². The molecule has 1 aromatic rings. The molecule has 2 aliphatic carbocycles. The van der Waals surface area contributed by atoms with Crippen molar-refractivity contribution < 1.29 is 9.59 Å². The van der Waals surface area contributed by atoms with Gasteiger partial charge in [0, 0.05) is 41.6 Å². The first-order chi connectivity index (χ1) is 19.2. The molecule has 218 valence electrons. The minimum Gasteiger partial charge on any atom is -0.348 e. The van der Waals surface area contributed by atoms with Crippen LogP contribution in [-0.4, -0.2) is 46.6 Å². The maximum absolute atomic E-state index is 13.3. The highest BCUT2D eigenvalue weighted by Gasteiger charge is 2.51. The topological polar surface area (TPSA) is 74.1 Å². The molecule has 1 aromatic heterocycles. The van der Waals surface area contributed by atoms with E-state index in [0.717, 1.165) is 66.5 Å². The molecule has 1 N–H and O–H groups in total. The van der Waals surface area contributed by atoms with Gasteiger partial charge in [-0.2, -0.15) is 10.2 Å². The Morgan fingerprint density at radius 2 is 1.93 bits per heavy atom. The number of Topliss-reactive ketones (excluding diaryl/α,β-unsaturated/α-hetero) is 1. The smallest absolute Gasteiger partial charge is 0.223 e. The molecule has 40 heavy (non-hydrogen) atoms. The number of nitrogens with zero attached hydrogens (tertiary/aromatic N) is 3. The number of thiophene rings is 1. The van der Waals surface area contributed by atoms with E-state index >= 15 is 0 Å². The molecule has 4 unspecified atom stereocenters. The molecule has 7 heteroatoms. The van der Waals surface area contributed by atoms with E-state index in [1.807, 2.05) is 6.07 Å². The van der Waals surface area contributed by atoms with Crippen LogP contribution < -0.4 is 5.32 Å². The first kappa shape index (κ1) is 29.4. The Morgan fingerprint density at radius 3 is 2.60 bits per heavy atom. The average Bonchev–Trinajstić information content (AvgIpc) is 3.57. The number of nitrogens with one attached hydrogen (secondary N) is 1. The summed E-state index contributed by atoms with van der Waals surface area (Å²) in [6, 6.07) is 5.20. The lowest BCUT2D eigenvalue weighted by molar-refractivity contribution is -0.126. The summed E-state index contributed by atoms with van der Waals surface area (Å²) >= 11 is 1.55. The van der Waals surface area contributed by atoms with Gasteiger partial charge in [-0.1, -0.05) is 46.1 Å². The van der Waals surface area contributed by atoms with Gasteiger partial charge in [0.1, 0.15) is 0 Å². The van der Waals surface area contributed by atoms with Crippen molar-refractivity contribution in [2.45, 2.75) is 117 Å². The van der Waals surface area contributed by atoms with E-state index in [1.54, 1.807) is 18.3 Å². The van der Waals surface area contributed by atoms with Crippen LogP contribution in [0.3, 0.4) is 0 Å². The molecule has 2 aliphatic heterocycles. The summed E-state index contributed by atoms with van der Waals surface area (Å²) in [6.45, 7) is 11.4. The maximum atomic E-state index is 13.3. The molecular weight excluding hydrogens is 516 g/mol. The second-order valence-electron chi connectivity index (χ2n) is 12.9. The molecule has 0 aromatic carbocycles. The van der Waals surface area contributed by atoms with Crippen LogP contribution in [0.25, 0.3) is 0 Å². The summed E-state index contributed by atoms with van der Waals surface area (Å²) in [6.07, 6.45) is 13.5. The van der Waals surface area contributed by atoms with Gasteiger partial charge in [0.15, 0.2) is 5.78 Å². The fraction of sp³-hybridized carbons (Fsp3) is 0.697. The van der Waals surface area contributed by atoms with Gasteiger partial charge in [0.2, 0.25) is 5.91 Å². The van der Waals surface area contributed by atoms with Crippen molar-refractivity contribution in [1.29, 1.82) is 0 Å². The lowest BCUT2D eigenvalue weighted by Gasteiger charge is -2.53. The van der Waals surface area contributed by atoms with Crippen LogP contribution in [0, 0.1) is 23.7 Å². The molecule has 5 rings (SSSR count). The summed E-state index contributed by atoms with van der Waals surface area (Å²) in [5, 5.41) is 12.4. The third kappa shape index (κ3) is 6.35. The molecule has 0 spiro atoms. The second kappa shape index (κ2) is 12.8. The normalized spacial score (nSPS) is 29.1. The second-order valence-corrected chi connectivity index (χ2v) is 14.0.